The fourth-order valence-electron chi connectivity index (χ4n) is 1.92. The van der Waals surface area contributed by atoms with Gasteiger partial charge in [-0.3, -0.25) is 4.79 Å². The number of primary sulfonamides is 1. The number of sulfonamides is 1. The van der Waals surface area contributed by atoms with Crippen LogP contribution in [0.3, 0.4) is 0 Å². The molecule has 2 N–H and O–H groups in total. The van der Waals surface area contributed by atoms with Gasteiger partial charge >= 0.3 is 0 Å². The molecule has 0 unspecified atom stereocenters. The van der Waals surface area contributed by atoms with Gasteiger partial charge in [0.1, 0.15) is 0 Å². The number of alkyl halides is 1. The van der Waals surface area contributed by atoms with Crippen molar-refractivity contribution in [3.05, 3.63) is 23.0 Å². The van der Waals surface area contributed by atoms with E-state index >= 15 is 0 Å². The van der Waals surface area contributed by atoms with Gasteiger partial charge in [-0.15, -0.1) is 11.6 Å². The lowest BCUT2D eigenvalue weighted by Gasteiger charge is -2.08. The molecule has 1 rings (SSSR count). The summed E-state index contributed by atoms with van der Waals surface area (Å²) in [6, 6.07) is 1.77. The molecule has 1 aromatic rings. The molecule has 5 nitrogen and oxygen atoms in total. The zero-order valence-electron chi connectivity index (χ0n) is 10.4. The van der Waals surface area contributed by atoms with E-state index in [-0.39, 0.29) is 17.4 Å². The molecule has 0 aliphatic heterocycles. The largest absolute Gasteiger partial charge is 0.348 e. The van der Waals surface area contributed by atoms with E-state index in [4.69, 9.17) is 16.7 Å². The first-order valence-corrected chi connectivity index (χ1v) is 7.77. The van der Waals surface area contributed by atoms with E-state index in [1.807, 2.05) is 18.4 Å². The molecule has 7 heteroatoms. The average molecular weight is 293 g/mol. The van der Waals surface area contributed by atoms with E-state index in [9.17, 15) is 13.2 Å². The molecule has 0 aromatic carbocycles. The number of ketones is 1. The number of carbonyl (C=O) groups excluding carboxylic acids is 1. The Hall–Kier alpha value is -0.850. The van der Waals surface area contributed by atoms with Crippen LogP contribution in [-0.4, -0.2) is 30.4 Å². The summed E-state index contributed by atoms with van der Waals surface area (Å²) in [5, 5.41) is 4.94. The van der Waals surface area contributed by atoms with E-state index in [0.717, 1.165) is 11.4 Å². The van der Waals surface area contributed by atoms with Crippen molar-refractivity contribution >= 4 is 27.4 Å². The molecule has 0 saturated heterocycles. The Bertz CT molecular complexity index is 549. The number of aryl methyl sites for hydroxylation is 1. The summed E-state index contributed by atoms with van der Waals surface area (Å²) in [6.07, 6.45) is 0.420. The predicted molar refractivity (Wildman–Crippen MR) is 71.5 cm³/mol. The number of nitrogens with two attached hydrogens (primary N) is 1. The smallest absolute Gasteiger partial charge is 0.209 e. The van der Waals surface area contributed by atoms with Crippen molar-refractivity contribution < 1.29 is 13.2 Å². The topological polar surface area (TPSA) is 82.2 Å². The Morgan fingerprint density at radius 1 is 1.44 bits per heavy atom. The van der Waals surface area contributed by atoms with Gasteiger partial charge in [0.05, 0.1) is 11.6 Å². The number of hydrogen-bond acceptors (Lipinski definition) is 3. The first kappa shape index (κ1) is 15.2. The van der Waals surface area contributed by atoms with Gasteiger partial charge in [0.25, 0.3) is 0 Å². The van der Waals surface area contributed by atoms with Crippen LogP contribution in [0.25, 0.3) is 0 Å². The number of carbonyl (C=O) groups is 1. The first-order chi connectivity index (χ1) is 8.26. The van der Waals surface area contributed by atoms with Crippen molar-refractivity contribution in [2.75, 3.05) is 11.6 Å². The van der Waals surface area contributed by atoms with Crippen molar-refractivity contribution in [2.45, 2.75) is 26.8 Å². The van der Waals surface area contributed by atoms with Gasteiger partial charge in [-0.05, 0) is 26.3 Å². The maximum Gasteiger partial charge on any atom is 0.209 e. The van der Waals surface area contributed by atoms with Crippen molar-refractivity contribution in [1.82, 2.24) is 4.57 Å². The molecule has 1 aromatic heterocycles. The molecule has 0 spiro atoms. The molecule has 18 heavy (non-hydrogen) atoms. The predicted octanol–water partition coefficient (Wildman–Crippen LogP) is 1.21. The van der Waals surface area contributed by atoms with Gasteiger partial charge < -0.3 is 4.57 Å². The molecule has 0 aliphatic rings. The second-order valence-corrected chi connectivity index (χ2v) is 6.22. The minimum atomic E-state index is -3.44. The van der Waals surface area contributed by atoms with Gasteiger partial charge in [-0.2, -0.15) is 0 Å². The highest BCUT2D eigenvalue weighted by Gasteiger charge is 2.14. The molecule has 102 valence electrons. The summed E-state index contributed by atoms with van der Waals surface area (Å²) in [5.41, 5.74) is 2.32. The third kappa shape index (κ3) is 3.83. The van der Waals surface area contributed by atoms with Gasteiger partial charge in [0.2, 0.25) is 10.0 Å². The van der Waals surface area contributed by atoms with E-state index in [0.29, 0.717) is 18.5 Å². The van der Waals surface area contributed by atoms with Crippen LogP contribution < -0.4 is 5.14 Å². The molecule has 0 aliphatic carbocycles. The van der Waals surface area contributed by atoms with Crippen LogP contribution in [0.2, 0.25) is 0 Å². The quantitative estimate of drug-likeness (QED) is 0.632. The summed E-state index contributed by atoms with van der Waals surface area (Å²) in [5.74, 6) is -0.243. The second-order valence-electron chi connectivity index (χ2n) is 4.21. The number of halogens is 1. The zero-order valence-corrected chi connectivity index (χ0v) is 12.0. The molecule has 0 amide bonds. The molecule has 0 radical (unpaired) electrons. The first-order valence-electron chi connectivity index (χ1n) is 5.52. The molecule has 0 fully saturated rings. The van der Waals surface area contributed by atoms with Gasteiger partial charge in [-0.25, -0.2) is 13.6 Å². The monoisotopic (exact) mass is 292 g/mol. The number of nitrogens with zero attached hydrogens (tertiary/aromatic N) is 1. The normalized spacial score (nSPS) is 11.8. The molecule has 0 bridgehead atoms. The van der Waals surface area contributed by atoms with Crippen LogP contribution in [-0.2, 0) is 16.6 Å². The fourth-order valence-corrected chi connectivity index (χ4v) is 2.60. The van der Waals surface area contributed by atoms with Crippen LogP contribution >= 0.6 is 11.6 Å². The average Bonchev–Trinajstić information content (AvgIpc) is 2.54. The Morgan fingerprint density at radius 3 is 2.56 bits per heavy atom. The van der Waals surface area contributed by atoms with Crippen LogP contribution in [0.15, 0.2) is 6.07 Å². The number of aromatic nitrogens is 1. The van der Waals surface area contributed by atoms with Crippen molar-refractivity contribution in [3.8, 4) is 0 Å². The van der Waals surface area contributed by atoms with Crippen molar-refractivity contribution in [2.24, 2.45) is 5.14 Å². The lowest BCUT2D eigenvalue weighted by Crippen LogP contribution is -2.18. The van der Waals surface area contributed by atoms with Crippen molar-refractivity contribution in [3.63, 3.8) is 0 Å². The van der Waals surface area contributed by atoms with Gasteiger partial charge in [0, 0.05) is 23.5 Å². The summed E-state index contributed by atoms with van der Waals surface area (Å²) >= 11 is 5.53. The lowest BCUT2D eigenvalue weighted by atomic mass is 10.2. The van der Waals surface area contributed by atoms with Crippen molar-refractivity contribution in [1.29, 1.82) is 0 Å². The Morgan fingerprint density at radius 2 is 2.06 bits per heavy atom. The van der Waals surface area contributed by atoms with E-state index in [2.05, 4.69) is 0 Å². The molecule has 0 saturated carbocycles. The zero-order chi connectivity index (χ0) is 13.9. The van der Waals surface area contributed by atoms with Gasteiger partial charge in [-0.1, -0.05) is 0 Å². The molecular formula is C11H17ClN2O3S. The highest BCUT2D eigenvalue weighted by Crippen LogP contribution is 2.16. The van der Waals surface area contributed by atoms with E-state index in [1.165, 1.54) is 0 Å². The maximum absolute atomic E-state index is 11.6. The Kier molecular flexibility index (Phi) is 4.95. The van der Waals surface area contributed by atoms with E-state index < -0.39 is 10.0 Å². The van der Waals surface area contributed by atoms with Gasteiger partial charge in [0.15, 0.2) is 5.78 Å². The fraction of sp³-hybridized carbons (Fsp3) is 0.545. The standard InChI is InChI=1S/C11H17ClN2O3S/c1-8-6-10(11(15)7-12)9(2)14(8)4-3-5-18(13,16)17/h6H,3-5,7H2,1-2H3,(H2,13,16,17). The highest BCUT2D eigenvalue weighted by atomic mass is 35.5. The third-order valence-corrected chi connectivity index (χ3v) is 3.91. The van der Waals surface area contributed by atoms with Crippen LogP contribution in [0, 0.1) is 13.8 Å². The highest BCUT2D eigenvalue weighted by molar-refractivity contribution is 7.89. The number of rotatable bonds is 6. The number of Topliss-reactive ketones (excluding diaryl/α,β-unsaturated/α-hetero) is 1. The third-order valence-electron chi connectivity index (χ3n) is 2.81. The summed E-state index contributed by atoms with van der Waals surface area (Å²) in [4.78, 5) is 11.6. The van der Waals surface area contributed by atoms with Crippen LogP contribution in [0.4, 0.5) is 0 Å². The van der Waals surface area contributed by atoms with E-state index in [1.54, 1.807) is 6.07 Å². The lowest BCUT2D eigenvalue weighted by molar-refractivity contribution is 0.102. The summed E-state index contributed by atoms with van der Waals surface area (Å²) < 4.78 is 23.6. The molecule has 1 heterocycles. The van der Waals surface area contributed by atoms with Crippen LogP contribution in [0.5, 0.6) is 0 Å². The summed E-state index contributed by atoms with van der Waals surface area (Å²) in [7, 11) is -3.44. The minimum Gasteiger partial charge on any atom is -0.348 e. The summed E-state index contributed by atoms with van der Waals surface area (Å²) in [6.45, 7) is 4.21. The minimum absolute atomic E-state index is 0.0541. The maximum atomic E-state index is 11.6. The SMILES string of the molecule is Cc1cc(C(=O)CCl)c(C)n1CCCS(N)(=O)=O. The molecular weight excluding hydrogens is 276 g/mol. The Labute approximate surface area is 112 Å². The number of hydrogen-bond donors (Lipinski definition) is 1. The molecule has 0 atom stereocenters. The van der Waals surface area contributed by atoms with Crippen LogP contribution in [0.1, 0.15) is 28.2 Å². The Balaban J connectivity index is 2.84. The second kappa shape index (κ2) is 5.86.